The van der Waals surface area contributed by atoms with E-state index in [1.807, 2.05) is 37.4 Å². The smallest absolute Gasteiger partial charge is 0.274 e. The minimum atomic E-state index is -0.626. The van der Waals surface area contributed by atoms with E-state index in [-0.39, 0.29) is 17.1 Å². The average molecular weight is 497 g/mol. The monoisotopic (exact) mass is 496 g/mol. The molecule has 3 N–H and O–H groups in total. The minimum absolute atomic E-state index is 0.00694. The van der Waals surface area contributed by atoms with Crippen molar-refractivity contribution < 1.29 is 4.79 Å². The maximum absolute atomic E-state index is 13.9. The van der Waals surface area contributed by atoms with Gasteiger partial charge in [-0.2, -0.15) is 5.10 Å². The first-order chi connectivity index (χ1) is 17.4. The van der Waals surface area contributed by atoms with Gasteiger partial charge in [-0.1, -0.05) is 36.3 Å². The van der Waals surface area contributed by atoms with E-state index < -0.39 is 11.9 Å². The van der Waals surface area contributed by atoms with E-state index in [1.54, 1.807) is 29.4 Å². The van der Waals surface area contributed by atoms with Crippen LogP contribution < -0.4 is 16.6 Å². The normalized spacial score (nSPS) is 11.6. The molecule has 178 valence electrons. The van der Waals surface area contributed by atoms with Gasteiger partial charge in [-0.15, -0.1) is 11.3 Å². The Morgan fingerprint density at radius 2 is 1.94 bits per heavy atom. The van der Waals surface area contributed by atoms with Crippen LogP contribution in [-0.4, -0.2) is 35.0 Å². The van der Waals surface area contributed by atoms with E-state index in [1.165, 1.54) is 28.1 Å². The Labute approximate surface area is 209 Å². The number of aryl methyl sites for hydroxylation is 1. The van der Waals surface area contributed by atoms with Crippen LogP contribution in [0.25, 0.3) is 16.1 Å². The largest absolute Gasteiger partial charge is 0.382 e. The summed E-state index contributed by atoms with van der Waals surface area (Å²) in [5.74, 6) is 5.60. The van der Waals surface area contributed by atoms with Crippen molar-refractivity contribution in [2.45, 2.75) is 13.0 Å². The highest BCUT2D eigenvalue weighted by Gasteiger charge is 2.24. The number of hydrogen-bond acceptors (Lipinski definition) is 8. The molecule has 1 amide bonds. The first kappa shape index (κ1) is 22.9. The predicted octanol–water partition coefficient (Wildman–Crippen LogP) is 2.42. The summed E-state index contributed by atoms with van der Waals surface area (Å²) in [6.45, 7) is 1.76. The van der Waals surface area contributed by atoms with Gasteiger partial charge in [-0.3, -0.25) is 14.3 Å². The molecule has 0 bridgehead atoms. The van der Waals surface area contributed by atoms with Gasteiger partial charge < -0.3 is 11.1 Å². The summed E-state index contributed by atoms with van der Waals surface area (Å²) in [6.07, 6.45) is 6.25. The molecular weight excluding hydrogens is 476 g/mol. The topological polar surface area (TPSA) is 133 Å². The second kappa shape index (κ2) is 9.44. The Morgan fingerprint density at radius 3 is 2.67 bits per heavy atom. The van der Waals surface area contributed by atoms with Gasteiger partial charge in [-0.25, -0.2) is 19.4 Å². The van der Waals surface area contributed by atoms with Gasteiger partial charge in [0.05, 0.1) is 29.1 Å². The zero-order valence-corrected chi connectivity index (χ0v) is 20.2. The van der Waals surface area contributed by atoms with Crippen molar-refractivity contribution in [3.05, 3.63) is 93.5 Å². The zero-order chi connectivity index (χ0) is 25.2. The second-order valence-corrected chi connectivity index (χ2v) is 8.76. The van der Waals surface area contributed by atoms with Crippen molar-refractivity contribution in [3.63, 3.8) is 0 Å². The van der Waals surface area contributed by atoms with E-state index in [2.05, 4.69) is 32.2 Å². The predicted molar refractivity (Wildman–Crippen MR) is 136 cm³/mol. The molecule has 10 nitrogen and oxygen atoms in total. The number of anilines is 1. The first-order valence-corrected chi connectivity index (χ1v) is 11.8. The lowest BCUT2D eigenvalue weighted by atomic mass is 10.0. The third-order valence-electron chi connectivity index (χ3n) is 5.40. The number of carbonyl (C=O) groups excluding carboxylic acids is 1. The Morgan fingerprint density at radius 1 is 1.17 bits per heavy atom. The van der Waals surface area contributed by atoms with Crippen molar-refractivity contribution in [2.24, 2.45) is 7.05 Å². The molecule has 4 aromatic heterocycles. The lowest BCUT2D eigenvalue weighted by Crippen LogP contribution is -2.31. The van der Waals surface area contributed by atoms with Gasteiger partial charge in [-0.05, 0) is 18.4 Å². The van der Waals surface area contributed by atoms with Crippen molar-refractivity contribution in [1.29, 1.82) is 0 Å². The fourth-order valence-corrected chi connectivity index (χ4v) is 4.54. The third-order valence-corrected chi connectivity index (χ3v) is 6.22. The van der Waals surface area contributed by atoms with Crippen LogP contribution in [0.2, 0.25) is 0 Å². The molecule has 0 saturated heterocycles. The summed E-state index contributed by atoms with van der Waals surface area (Å²) < 4.78 is 3.16. The van der Waals surface area contributed by atoms with Crippen LogP contribution in [0.15, 0.2) is 65.3 Å². The van der Waals surface area contributed by atoms with Crippen LogP contribution in [-0.2, 0) is 7.05 Å². The number of nitrogen functional groups attached to an aromatic ring is 1. The molecule has 0 fully saturated rings. The summed E-state index contributed by atoms with van der Waals surface area (Å²) in [5, 5.41) is 8.75. The maximum atomic E-state index is 13.9. The fourth-order valence-electron chi connectivity index (χ4n) is 3.72. The summed E-state index contributed by atoms with van der Waals surface area (Å²) in [6, 6.07) is 8.58. The van der Waals surface area contributed by atoms with Crippen molar-refractivity contribution >= 4 is 28.0 Å². The molecule has 1 atom stereocenters. The quantitative estimate of drug-likeness (QED) is 0.365. The van der Waals surface area contributed by atoms with Gasteiger partial charge in [0, 0.05) is 31.0 Å². The third kappa shape index (κ3) is 4.33. The molecule has 0 radical (unpaired) electrons. The molecule has 0 unspecified atom stereocenters. The first-order valence-electron chi connectivity index (χ1n) is 10.9. The van der Waals surface area contributed by atoms with Crippen molar-refractivity contribution in [1.82, 2.24) is 34.4 Å². The van der Waals surface area contributed by atoms with Crippen molar-refractivity contribution in [3.8, 4) is 23.0 Å². The molecule has 0 saturated carbocycles. The molecule has 0 aliphatic rings. The summed E-state index contributed by atoms with van der Waals surface area (Å²) in [7, 11) is 1.81. The molecule has 4 heterocycles. The van der Waals surface area contributed by atoms with Crippen LogP contribution in [0.1, 0.15) is 40.4 Å². The SMILES string of the molecule is C[C@H](NC(=O)c1nccnc1N)c1nc2scc(C#Cc3cnn(C)c3)n2c(=O)c1-c1ccccc1. The highest BCUT2D eigenvalue weighted by atomic mass is 32.1. The van der Waals surface area contributed by atoms with E-state index in [0.29, 0.717) is 27.5 Å². The van der Waals surface area contributed by atoms with Crippen LogP contribution >= 0.6 is 11.3 Å². The molecule has 36 heavy (non-hydrogen) atoms. The van der Waals surface area contributed by atoms with E-state index in [0.717, 1.165) is 5.56 Å². The molecule has 11 heteroatoms. The molecular formula is C25H20N8O2S. The van der Waals surface area contributed by atoms with Crippen LogP contribution in [0.3, 0.4) is 0 Å². The Hall–Kier alpha value is -4.82. The standard InChI is InChI=1S/C25H20N8O2S/c1-15(30-23(34)21-22(26)28-11-10-27-21)20-19(17-6-4-3-5-7-17)24(35)33-18(14-36-25(33)31-20)9-8-16-12-29-32(2)13-16/h3-7,10-15H,1-2H3,(H2,26,28)(H,30,34)/t15-/m0/s1. The lowest BCUT2D eigenvalue weighted by Gasteiger charge is -2.17. The number of thiazole rings is 1. The highest BCUT2D eigenvalue weighted by Crippen LogP contribution is 2.26. The number of aromatic nitrogens is 6. The Bertz CT molecular complexity index is 1710. The second-order valence-electron chi connectivity index (χ2n) is 7.92. The number of hydrogen-bond donors (Lipinski definition) is 2. The number of carbonyl (C=O) groups is 1. The molecule has 1 aromatic carbocycles. The van der Waals surface area contributed by atoms with Crippen LogP contribution in [0.4, 0.5) is 5.82 Å². The van der Waals surface area contributed by atoms with Gasteiger partial charge >= 0.3 is 0 Å². The Balaban J connectivity index is 1.62. The number of nitrogens with one attached hydrogen (secondary N) is 1. The Kier molecular flexibility index (Phi) is 6.02. The molecule has 5 aromatic rings. The van der Waals surface area contributed by atoms with Gasteiger partial charge in [0.25, 0.3) is 11.5 Å². The van der Waals surface area contributed by atoms with Crippen LogP contribution in [0.5, 0.6) is 0 Å². The molecule has 0 aliphatic carbocycles. The zero-order valence-electron chi connectivity index (χ0n) is 19.3. The van der Waals surface area contributed by atoms with E-state index >= 15 is 0 Å². The lowest BCUT2D eigenvalue weighted by molar-refractivity contribution is 0.0935. The fraction of sp³-hybridized carbons (Fsp3) is 0.120. The highest BCUT2D eigenvalue weighted by molar-refractivity contribution is 7.15. The average Bonchev–Trinajstić information content (AvgIpc) is 3.49. The summed E-state index contributed by atoms with van der Waals surface area (Å²) >= 11 is 1.30. The van der Waals surface area contributed by atoms with Gasteiger partial charge in [0.15, 0.2) is 16.5 Å². The number of amides is 1. The van der Waals surface area contributed by atoms with E-state index in [4.69, 9.17) is 10.7 Å². The maximum Gasteiger partial charge on any atom is 0.274 e. The molecule has 5 rings (SSSR count). The number of nitrogens with two attached hydrogens (primary N) is 1. The molecule has 0 aliphatic heterocycles. The van der Waals surface area contributed by atoms with E-state index in [9.17, 15) is 9.59 Å². The van der Waals surface area contributed by atoms with Crippen LogP contribution in [0, 0.1) is 11.8 Å². The number of rotatable bonds is 4. The minimum Gasteiger partial charge on any atom is -0.382 e. The van der Waals surface area contributed by atoms with Gasteiger partial charge in [0.1, 0.15) is 5.69 Å². The number of benzene rings is 1. The summed E-state index contributed by atoms with van der Waals surface area (Å²) in [5.41, 5.74) is 8.26. The molecule has 0 spiro atoms. The van der Waals surface area contributed by atoms with Gasteiger partial charge in [0.2, 0.25) is 0 Å². The van der Waals surface area contributed by atoms with Crippen molar-refractivity contribution in [2.75, 3.05) is 5.73 Å². The number of nitrogens with zero attached hydrogens (tertiary/aromatic N) is 6. The summed E-state index contributed by atoms with van der Waals surface area (Å²) in [4.78, 5) is 39.9. The number of fused-ring (bicyclic) bond motifs is 1.